The van der Waals surface area contributed by atoms with E-state index in [-0.39, 0.29) is 11.7 Å². The number of nitrogens with two attached hydrogens (primary N) is 1. The van der Waals surface area contributed by atoms with Gasteiger partial charge >= 0.3 is 0 Å². The summed E-state index contributed by atoms with van der Waals surface area (Å²) in [6.07, 6.45) is 2.48. The molecule has 2 heterocycles. The maximum absolute atomic E-state index is 12.2. The second kappa shape index (κ2) is 4.21. The first-order valence-electron chi connectivity index (χ1n) is 6.66. The van der Waals surface area contributed by atoms with E-state index in [1.165, 1.54) is 24.8 Å². The molecular formula is C13H19N3O2S2. The molecule has 1 aliphatic heterocycles. The summed E-state index contributed by atoms with van der Waals surface area (Å²) in [6, 6.07) is 2.18. The Kier molecular flexibility index (Phi) is 2.92. The van der Waals surface area contributed by atoms with E-state index >= 15 is 0 Å². The normalized spacial score (nSPS) is 29.4. The van der Waals surface area contributed by atoms with E-state index in [0.717, 1.165) is 14.7 Å². The van der Waals surface area contributed by atoms with Gasteiger partial charge in [0.1, 0.15) is 5.54 Å². The van der Waals surface area contributed by atoms with Crippen molar-refractivity contribution in [1.29, 1.82) is 0 Å². The fourth-order valence-corrected chi connectivity index (χ4v) is 5.64. The lowest BCUT2D eigenvalue weighted by atomic mass is 10.0. The molecule has 1 fully saturated rings. The lowest BCUT2D eigenvalue weighted by Crippen LogP contribution is -2.50. The summed E-state index contributed by atoms with van der Waals surface area (Å²) in [4.78, 5) is 6.84. The van der Waals surface area contributed by atoms with Gasteiger partial charge in [-0.15, -0.1) is 11.3 Å². The topological polar surface area (TPSA) is 75.8 Å². The van der Waals surface area contributed by atoms with Crippen LogP contribution in [0.1, 0.15) is 41.0 Å². The number of sulfonamides is 1. The summed E-state index contributed by atoms with van der Waals surface area (Å²) in [7, 11) is -1.95. The number of rotatable bonds is 2. The molecule has 0 saturated heterocycles. The highest BCUT2D eigenvalue weighted by molar-refractivity contribution is 7.89. The fraction of sp³-hybridized carbons (Fsp3) is 0.615. The van der Waals surface area contributed by atoms with Gasteiger partial charge in [-0.05, 0) is 44.2 Å². The van der Waals surface area contributed by atoms with E-state index in [2.05, 4.69) is 11.1 Å². The van der Waals surface area contributed by atoms with Crippen molar-refractivity contribution in [3.63, 3.8) is 0 Å². The highest BCUT2D eigenvalue weighted by Gasteiger charge is 2.42. The first-order valence-corrected chi connectivity index (χ1v) is 9.08. The van der Waals surface area contributed by atoms with Crippen molar-refractivity contribution in [2.24, 2.45) is 10.7 Å². The van der Waals surface area contributed by atoms with E-state index in [0.29, 0.717) is 5.92 Å². The van der Waals surface area contributed by atoms with E-state index in [4.69, 9.17) is 5.73 Å². The molecule has 1 aliphatic carbocycles. The molecule has 3 rings (SSSR count). The molecule has 1 aromatic rings. The largest absolute Gasteiger partial charge is 0.369 e. The standard InChI is InChI=1S/C13H19N3O2S2/c1-8-6-10(9-4-5-9)19-11(8)13(2)7-20(17,18)16(3)12(14)15-13/h6,9H,4-5,7H2,1-3H3,(H2,14,15)/t13-/m0/s1. The predicted octanol–water partition coefficient (Wildman–Crippen LogP) is 1.74. The molecular weight excluding hydrogens is 294 g/mol. The Bertz CT molecular complexity index is 688. The van der Waals surface area contributed by atoms with Gasteiger partial charge in [0.05, 0.1) is 5.75 Å². The zero-order chi connectivity index (χ0) is 14.7. The molecule has 0 amide bonds. The van der Waals surface area contributed by atoms with Crippen LogP contribution in [-0.2, 0) is 15.6 Å². The summed E-state index contributed by atoms with van der Waals surface area (Å²) in [6.45, 7) is 3.89. The quantitative estimate of drug-likeness (QED) is 0.903. The summed E-state index contributed by atoms with van der Waals surface area (Å²) >= 11 is 1.69. The minimum Gasteiger partial charge on any atom is -0.369 e. The highest BCUT2D eigenvalue weighted by atomic mass is 32.2. The van der Waals surface area contributed by atoms with Gasteiger partial charge in [0, 0.05) is 16.8 Å². The van der Waals surface area contributed by atoms with Crippen LogP contribution in [0.25, 0.3) is 0 Å². The average molecular weight is 313 g/mol. The minimum atomic E-state index is -3.39. The zero-order valence-electron chi connectivity index (χ0n) is 11.9. The van der Waals surface area contributed by atoms with Gasteiger partial charge in [0.25, 0.3) is 0 Å². The number of aliphatic imine (C=N–C) groups is 1. The molecule has 2 N–H and O–H groups in total. The van der Waals surface area contributed by atoms with Gasteiger partial charge in [-0.2, -0.15) is 0 Å². The molecule has 0 aromatic carbocycles. The third-order valence-electron chi connectivity index (χ3n) is 3.97. The van der Waals surface area contributed by atoms with E-state index < -0.39 is 15.6 Å². The Hall–Kier alpha value is -1.08. The van der Waals surface area contributed by atoms with Crippen LogP contribution in [0, 0.1) is 6.92 Å². The number of guanidine groups is 1. The van der Waals surface area contributed by atoms with E-state index in [1.54, 1.807) is 11.3 Å². The van der Waals surface area contributed by atoms with Gasteiger partial charge in [0.15, 0.2) is 0 Å². The molecule has 0 bridgehead atoms. The van der Waals surface area contributed by atoms with Crippen LogP contribution >= 0.6 is 11.3 Å². The number of hydrogen-bond acceptors (Lipinski definition) is 5. The Morgan fingerprint density at radius 2 is 2.15 bits per heavy atom. The molecule has 110 valence electrons. The van der Waals surface area contributed by atoms with Crippen LogP contribution in [0.15, 0.2) is 11.1 Å². The lowest BCUT2D eigenvalue weighted by molar-refractivity contribution is 0.481. The first kappa shape index (κ1) is 13.9. The van der Waals surface area contributed by atoms with Gasteiger partial charge in [-0.1, -0.05) is 0 Å². The van der Waals surface area contributed by atoms with Crippen LogP contribution < -0.4 is 5.73 Å². The monoisotopic (exact) mass is 313 g/mol. The molecule has 0 spiro atoms. The van der Waals surface area contributed by atoms with Gasteiger partial charge in [-0.25, -0.2) is 17.7 Å². The lowest BCUT2D eigenvalue weighted by Gasteiger charge is -2.34. The van der Waals surface area contributed by atoms with Crippen LogP contribution in [-0.4, -0.2) is 31.5 Å². The number of nitrogens with zero attached hydrogens (tertiary/aromatic N) is 2. The Morgan fingerprint density at radius 1 is 1.50 bits per heavy atom. The molecule has 1 aromatic heterocycles. The Labute approximate surface area is 123 Å². The first-order chi connectivity index (χ1) is 9.23. The number of hydrogen-bond donors (Lipinski definition) is 1. The van der Waals surface area contributed by atoms with Crippen LogP contribution in [0.5, 0.6) is 0 Å². The summed E-state index contributed by atoms with van der Waals surface area (Å²) in [5.74, 6) is 0.711. The SMILES string of the molecule is Cc1cc(C2CC2)sc1[C@]1(C)CS(=O)(=O)N(C)C(N)=N1. The molecule has 0 radical (unpaired) electrons. The fourth-order valence-electron chi connectivity index (χ4n) is 2.68. The average Bonchev–Trinajstić information content (AvgIpc) is 3.09. The van der Waals surface area contributed by atoms with Gasteiger partial charge < -0.3 is 5.73 Å². The molecule has 1 atom stereocenters. The van der Waals surface area contributed by atoms with Crippen molar-refractivity contribution in [1.82, 2.24) is 4.31 Å². The smallest absolute Gasteiger partial charge is 0.239 e. The third kappa shape index (κ3) is 2.13. The van der Waals surface area contributed by atoms with Crippen molar-refractivity contribution in [2.75, 3.05) is 12.8 Å². The maximum Gasteiger partial charge on any atom is 0.239 e. The highest BCUT2D eigenvalue weighted by Crippen LogP contribution is 2.47. The van der Waals surface area contributed by atoms with Crippen molar-refractivity contribution >= 4 is 27.3 Å². The van der Waals surface area contributed by atoms with Crippen LogP contribution in [0.3, 0.4) is 0 Å². The van der Waals surface area contributed by atoms with Crippen LogP contribution in [0.4, 0.5) is 0 Å². The van der Waals surface area contributed by atoms with Gasteiger partial charge in [0.2, 0.25) is 16.0 Å². The Balaban J connectivity index is 2.08. The second-order valence-corrected chi connectivity index (χ2v) is 8.99. The van der Waals surface area contributed by atoms with Crippen molar-refractivity contribution in [3.8, 4) is 0 Å². The van der Waals surface area contributed by atoms with Crippen molar-refractivity contribution in [3.05, 3.63) is 21.4 Å². The van der Waals surface area contributed by atoms with E-state index in [9.17, 15) is 8.42 Å². The van der Waals surface area contributed by atoms with Crippen LogP contribution in [0.2, 0.25) is 0 Å². The number of aryl methyl sites for hydroxylation is 1. The van der Waals surface area contributed by atoms with E-state index in [1.807, 2.05) is 13.8 Å². The zero-order valence-corrected chi connectivity index (χ0v) is 13.5. The minimum absolute atomic E-state index is 0.0251. The second-order valence-electron chi connectivity index (χ2n) is 5.90. The molecule has 20 heavy (non-hydrogen) atoms. The molecule has 0 unspecified atom stereocenters. The summed E-state index contributed by atoms with van der Waals surface area (Å²) < 4.78 is 25.5. The van der Waals surface area contributed by atoms with Crippen molar-refractivity contribution in [2.45, 2.75) is 38.1 Å². The number of thiophene rings is 1. The maximum atomic E-state index is 12.2. The predicted molar refractivity (Wildman–Crippen MR) is 81.6 cm³/mol. The third-order valence-corrected chi connectivity index (χ3v) is 7.57. The summed E-state index contributed by atoms with van der Waals surface area (Å²) in [5, 5.41) is 0. The Morgan fingerprint density at radius 3 is 2.70 bits per heavy atom. The summed E-state index contributed by atoms with van der Waals surface area (Å²) in [5.41, 5.74) is 6.15. The molecule has 7 heteroatoms. The van der Waals surface area contributed by atoms with Gasteiger partial charge in [-0.3, -0.25) is 0 Å². The molecule has 1 saturated carbocycles. The van der Waals surface area contributed by atoms with Crippen molar-refractivity contribution < 1.29 is 8.42 Å². The molecule has 5 nitrogen and oxygen atoms in total. The molecule has 2 aliphatic rings.